The minimum atomic E-state index is 0.0149. The Morgan fingerprint density at radius 1 is 1.26 bits per heavy atom. The Balaban J connectivity index is 2.26. The zero-order valence-electron chi connectivity index (χ0n) is 11.1. The standard InChI is InChI=1S/C14H16ClN3O/c1-9-14(17-7-6-16-9)10(2)18-12-8-11(15)4-5-13(12)19-3/h4-8,10,18H,1-3H3. The molecular formula is C14H16ClN3O. The fourth-order valence-electron chi connectivity index (χ4n) is 1.94. The summed E-state index contributed by atoms with van der Waals surface area (Å²) in [5, 5.41) is 4.01. The molecule has 0 saturated carbocycles. The summed E-state index contributed by atoms with van der Waals surface area (Å²) < 4.78 is 5.31. The zero-order chi connectivity index (χ0) is 13.8. The third-order valence-corrected chi connectivity index (χ3v) is 3.10. The molecule has 0 spiro atoms. The van der Waals surface area contributed by atoms with Gasteiger partial charge < -0.3 is 10.1 Å². The van der Waals surface area contributed by atoms with Crippen LogP contribution in [0.3, 0.4) is 0 Å². The maximum absolute atomic E-state index is 6.01. The Kier molecular flexibility index (Phi) is 4.22. The summed E-state index contributed by atoms with van der Waals surface area (Å²) in [6.45, 7) is 3.97. The van der Waals surface area contributed by atoms with Crippen LogP contribution in [0, 0.1) is 6.92 Å². The van der Waals surface area contributed by atoms with Crippen LogP contribution in [0.4, 0.5) is 5.69 Å². The van der Waals surface area contributed by atoms with Crippen molar-refractivity contribution < 1.29 is 4.74 Å². The van der Waals surface area contributed by atoms with Gasteiger partial charge in [-0.15, -0.1) is 0 Å². The maximum Gasteiger partial charge on any atom is 0.142 e. The predicted octanol–water partition coefficient (Wildman–Crippen LogP) is 3.62. The number of aromatic nitrogens is 2. The number of halogens is 1. The number of anilines is 1. The summed E-state index contributed by atoms with van der Waals surface area (Å²) in [4.78, 5) is 8.60. The van der Waals surface area contributed by atoms with Crippen molar-refractivity contribution in [3.8, 4) is 5.75 Å². The van der Waals surface area contributed by atoms with Gasteiger partial charge in [-0.2, -0.15) is 0 Å². The highest BCUT2D eigenvalue weighted by Crippen LogP contribution is 2.30. The molecule has 1 atom stereocenters. The van der Waals surface area contributed by atoms with Crippen LogP contribution >= 0.6 is 11.6 Å². The van der Waals surface area contributed by atoms with Crippen molar-refractivity contribution in [2.45, 2.75) is 19.9 Å². The molecule has 1 N–H and O–H groups in total. The molecule has 0 aliphatic heterocycles. The number of nitrogens with zero attached hydrogens (tertiary/aromatic N) is 2. The predicted molar refractivity (Wildman–Crippen MR) is 76.8 cm³/mol. The fourth-order valence-corrected chi connectivity index (χ4v) is 2.11. The topological polar surface area (TPSA) is 47.0 Å². The number of methoxy groups -OCH3 is 1. The van der Waals surface area contributed by atoms with Crippen LogP contribution < -0.4 is 10.1 Å². The van der Waals surface area contributed by atoms with Crippen molar-refractivity contribution in [3.05, 3.63) is 47.0 Å². The smallest absolute Gasteiger partial charge is 0.142 e. The van der Waals surface area contributed by atoms with Gasteiger partial charge in [-0.05, 0) is 32.0 Å². The van der Waals surface area contributed by atoms with Crippen molar-refractivity contribution >= 4 is 17.3 Å². The van der Waals surface area contributed by atoms with Crippen LogP contribution in [0.15, 0.2) is 30.6 Å². The zero-order valence-corrected chi connectivity index (χ0v) is 11.9. The second kappa shape index (κ2) is 5.89. The summed E-state index contributed by atoms with van der Waals surface area (Å²) >= 11 is 6.01. The van der Waals surface area contributed by atoms with Crippen molar-refractivity contribution in [2.75, 3.05) is 12.4 Å². The van der Waals surface area contributed by atoms with E-state index in [9.17, 15) is 0 Å². The van der Waals surface area contributed by atoms with E-state index in [-0.39, 0.29) is 6.04 Å². The van der Waals surface area contributed by atoms with E-state index in [4.69, 9.17) is 16.3 Å². The van der Waals surface area contributed by atoms with Crippen LogP contribution in [0.2, 0.25) is 5.02 Å². The number of benzene rings is 1. The average molecular weight is 278 g/mol. The molecular weight excluding hydrogens is 262 g/mol. The second-order valence-electron chi connectivity index (χ2n) is 4.24. The van der Waals surface area contributed by atoms with E-state index in [0.29, 0.717) is 5.02 Å². The van der Waals surface area contributed by atoms with E-state index in [1.807, 2.05) is 26.0 Å². The lowest BCUT2D eigenvalue weighted by Crippen LogP contribution is -2.11. The molecule has 0 aliphatic rings. The first kappa shape index (κ1) is 13.6. The van der Waals surface area contributed by atoms with Crippen LogP contribution in [-0.4, -0.2) is 17.1 Å². The molecule has 1 heterocycles. The van der Waals surface area contributed by atoms with Crippen LogP contribution in [-0.2, 0) is 0 Å². The van der Waals surface area contributed by atoms with E-state index in [1.54, 1.807) is 25.6 Å². The van der Waals surface area contributed by atoms with E-state index < -0.39 is 0 Å². The van der Waals surface area contributed by atoms with E-state index in [1.165, 1.54) is 0 Å². The average Bonchev–Trinajstić information content (AvgIpc) is 2.39. The molecule has 0 fully saturated rings. The summed E-state index contributed by atoms with van der Waals surface area (Å²) in [5.74, 6) is 0.748. The molecule has 0 aliphatic carbocycles. The third-order valence-electron chi connectivity index (χ3n) is 2.86. The highest BCUT2D eigenvalue weighted by atomic mass is 35.5. The minimum Gasteiger partial charge on any atom is -0.495 e. The SMILES string of the molecule is COc1ccc(Cl)cc1NC(C)c1nccnc1C. The molecule has 1 unspecified atom stereocenters. The highest BCUT2D eigenvalue weighted by Gasteiger charge is 2.13. The number of ether oxygens (including phenoxy) is 1. The number of nitrogens with one attached hydrogen (secondary N) is 1. The van der Waals surface area contributed by atoms with Crippen molar-refractivity contribution in [1.82, 2.24) is 9.97 Å². The lowest BCUT2D eigenvalue weighted by Gasteiger charge is -2.18. The molecule has 100 valence electrons. The summed E-state index contributed by atoms with van der Waals surface area (Å²) in [6, 6.07) is 5.48. The summed E-state index contributed by atoms with van der Waals surface area (Å²) in [7, 11) is 1.63. The van der Waals surface area contributed by atoms with E-state index in [0.717, 1.165) is 22.8 Å². The van der Waals surface area contributed by atoms with Gasteiger partial charge in [0, 0.05) is 17.4 Å². The third kappa shape index (κ3) is 3.15. The van der Waals surface area contributed by atoms with Gasteiger partial charge in [-0.1, -0.05) is 11.6 Å². The molecule has 19 heavy (non-hydrogen) atoms. The van der Waals surface area contributed by atoms with Crippen LogP contribution in [0.25, 0.3) is 0 Å². The first-order valence-electron chi connectivity index (χ1n) is 5.99. The molecule has 0 radical (unpaired) electrons. The first-order chi connectivity index (χ1) is 9.11. The Hall–Kier alpha value is -1.81. The van der Waals surface area contributed by atoms with Crippen molar-refractivity contribution in [2.24, 2.45) is 0 Å². The Morgan fingerprint density at radius 2 is 2.00 bits per heavy atom. The van der Waals surface area contributed by atoms with Crippen molar-refractivity contribution in [3.63, 3.8) is 0 Å². The normalized spacial score (nSPS) is 12.0. The highest BCUT2D eigenvalue weighted by molar-refractivity contribution is 6.30. The molecule has 1 aromatic carbocycles. The van der Waals surface area contributed by atoms with Gasteiger partial charge in [-0.25, -0.2) is 0 Å². The first-order valence-corrected chi connectivity index (χ1v) is 6.37. The number of hydrogen-bond acceptors (Lipinski definition) is 4. The number of hydrogen-bond donors (Lipinski definition) is 1. The van der Waals surface area contributed by atoms with Gasteiger partial charge in [0.05, 0.1) is 30.2 Å². The Bertz CT molecular complexity index is 574. The largest absolute Gasteiger partial charge is 0.495 e. The fraction of sp³-hybridized carbons (Fsp3) is 0.286. The number of rotatable bonds is 4. The summed E-state index contributed by atoms with van der Waals surface area (Å²) in [5.41, 5.74) is 2.65. The molecule has 2 rings (SSSR count). The molecule has 0 saturated heterocycles. The minimum absolute atomic E-state index is 0.0149. The molecule has 0 bridgehead atoms. The molecule has 0 amide bonds. The van der Waals surface area contributed by atoms with Gasteiger partial charge >= 0.3 is 0 Å². The van der Waals surface area contributed by atoms with Gasteiger partial charge in [0.1, 0.15) is 5.75 Å². The summed E-state index contributed by atoms with van der Waals surface area (Å²) in [6.07, 6.45) is 3.38. The maximum atomic E-state index is 6.01. The number of aryl methyl sites for hydroxylation is 1. The van der Waals surface area contributed by atoms with Gasteiger partial charge in [0.2, 0.25) is 0 Å². The van der Waals surface area contributed by atoms with E-state index in [2.05, 4.69) is 15.3 Å². The molecule has 2 aromatic rings. The van der Waals surface area contributed by atoms with Gasteiger partial charge in [0.15, 0.2) is 0 Å². The lowest BCUT2D eigenvalue weighted by atomic mass is 10.1. The molecule has 1 aromatic heterocycles. The van der Waals surface area contributed by atoms with Crippen molar-refractivity contribution in [1.29, 1.82) is 0 Å². The Labute approximate surface area is 117 Å². The Morgan fingerprint density at radius 3 is 2.68 bits per heavy atom. The van der Waals surface area contributed by atoms with E-state index >= 15 is 0 Å². The van der Waals surface area contributed by atoms with Crippen LogP contribution in [0.1, 0.15) is 24.4 Å². The molecule has 4 nitrogen and oxygen atoms in total. The monoisotopic (exact) mass is 277 g/mol. The van der Waals surface area contributed by atoms with Gasteiger partial charge in [-0.3, -0.25) is 9.97 Å². The van der Waals surface area contributed by atoms with Gasteiger partial charge in [0.25, 0.3) is 0 Å². The quantitative estimate of drug-likeness (QED) is 0.927. The second-order valence-corrected chi connectivity index (χ2v) is 4.67. The van der Waals surface area contributed by atoms with Crippen LogP contribution in [0.5, 0.6) is 5.75 Å². The molecule has 5 heteroatoms. The lowest BCUT2D eigenvalue weighted by molar-refractivity contribution is 0.416.